The molecule has 0 spiro atoms. The fraction of sp³-hybridized carbons (Fsp3) is 0.467. The Morgan fingerprint density at radius 2 is 0.671 bits per heavy atom. The van der Waals surface area contributed by atoms with Crippen molar-refractivity contribution in [2.24, 2.45) is 39.4 Å². The number of fused-ring (bicyclic) bond motifs is 2. The average Bonchev–Trinajstić information content (AvgIpc) is 4.28. The first kappa shape index (κ1) is 60.5. The first-order chi connectivity index (χ1) is 37.2. The van der Waals surface area contributed by atoms with Crippen LogP contribution < -0.4 is 21.2 Å². The summed E-state index contributed by atoms with van der Waals surface area (Å²) in [5.74, 6) is 3.48. The molecule has 8 aliphatic carbocycles. The fourth-order valence-corrected chi connectivity index (χ4v) is 23.9. The van der Waals surface area contributed by atoms with Gasteiger partial charge in [-0.3, -0.25) is 0 Å². The number of hydrogen-bond acceptors (Lipinski definition) is 0. The molecule has 4 heteroatoms. The summed E-state index contributed by atoms with van der Waals surface area (Å²) in [4.78, 5) is 0. The molecule has 5 aromatic rings. The van der Waals surface area contributed by atoms with Crippen LogP contribution in [0.5, 0.6) is 0 Å². The Hall–Kier alpha value is -4.58. The van der Waals surface area contributed by atoms with E-state index in [1.165, 1.54) is 111 Å². The van der Waals surface area contributed by atoms with Gasteiger partial charge in [-0.1, -0.05) is 312 Å². The summed E-state index contributed by atoms with van der Waals surface area (Å²) in [6, 6.07) is 51.9. The maximum absolute atomic E-state index is 6.33. The lowest BCUT2D eigenvalue weighted by molar-refractivity contribution is 0.0178. The predicted molar refractivity (Wildman–Crippen MR) is 356 cm³/mol. The Bertz CT molecular complexity index is 2980. The van der Waals surface area contributed by atoms with Crippen molar-refractivity contribution in [3.8, 4) is 0 Å². The van der Waals surface area contributed by atoms with E-state index in [1.807, 2.05) is 27.7 Å². The van der Waals surface area contributed by atoms with Crippen LogP contribution in [0, 0.1) is 39.4 Å². The molecule has 4 bridgehead atoms. The van der Waals surface area contributed by atoms with Gasteiger partial charge in [-0.05, 0) is 137 Å². The zero-order valence-corrected chi connectivity index (χ0v) is 52.7. The van der Waals surface area contributed by atoms with Crippen LogP contribution in [-0.2, 0) is 0 Å². The second-order valence-corrected chi connectivity index (χ2v) is 33.1. The second-order valence-electron chi connectivity index (χ2n) is 27.0. The number of benzene rings is 5. The van der Waals surface area contributed by atoms with E-state index in [1.54, 1.807) is 11.1 Å². The van der Waals surface area contributed by atoms with E-state index in [-0.39, 0.29) is 34.6 Å². The molecule has 13 rings (SSSR count). The van der Waals surface area contributed by atoms with Crippen LogP contribution in [-0.4, -0.2) is 16.1 Å². The molecular formula is C75H100N2P2-2. The number of nitrogens with zero attached hydrogens (tertiary/aromatic N) is 2. The Morgan fingerprint density at radius 3 is 0.962 bits per heavy atom. The molecule has 0 unspecified atom stereocenters. The molecule has 0 atom stereocenters. The van der Waals surface area contributed by atoms with Crippen molar-refractivity contribution in [3.05, 3.63) is 207 Å². The number of allylic oxidation sites excluding steroid dienone is 8. The van der Waals surface area contributed by atoms with Crippen LogP contribution in [0.15, 0.2) is 186 Å². The highest BCUT2D eigenvalue weighted by Gasteiger charge is 2.50. The molecule has 0 radical (unpaired) electrons. The van der Waals surface area contributed by atoms with E-state index in [0.717, 1.165) is 17.8 Å². The quantitative estimate of drug-likeness (QED) is 0.125. The molecule has 5 aromatic carbocycles. The molecule has 2 nitrogen and oxygen atoms in total. The number of hydrogen-bond donors (Lipinski definition) is 0. The van der Waals surface area contributed by atoms with Crippen LogP contribution in [0.3, 0.4) is 0 Å². The maximum Gasteiger partial charge on any atom is -0.00921 e. The lowest BCUT2D eigenvalue weighted by Crippen LogP contribution is -2.50. The van der Waals surface area contributed by atoms with Gasteiger partial charge in [0.15, 0.2) is 0 Å². The molecule has 79 heavy (non-hydrogen) atoms. The topological polar surface area (TPSA) is 28.2 Å². The summed E-state index contributed by atoms with van der Waals surface area (Å²) >= 11 is 0. The average molecular weight is 1090 g/mol. The molecule has 6 saturated carbocycles. The Balaban J connectivity index is 0.000000194. The van der Waals surface area contributed by atoms with Gasteiger partial charge in [0.05, 0.1) is 0 Å². The first-order valence-corrected chi connectivity index (χ1v) is 33.9. The van der Waals surface area contributed by atoms with E-state index in [2.05, 4.69) is 247 Å². The summed E-state index contributed by atoms with van der Waals surface area (Å²) in [5.41, 5.74) is 10.9. The van der Waals surface area contributed by atoms with Crippen molar-refractivity contribution < 1.29 is 0 Å². The first-order valence-electron chi connectivity index (χ1n) is 30.4. The van der Waals surface area contributed by atoms with Gasteiger partial charge in [0.25, 0.3) is 0 Å². The van der Waals surface area contributed by atoms with E-state index in [9.17, 15) is 0 Å². The summed E-state index contributed by atoms with van der Waals surface area (Å²) in [6.07, 6.45) is 21.0. The molecule has 0 heterocycles. The third kappa shape index (κ3) is 11.1. The van der Waals surface area contributed by atoms with Gasteiger partial charge in [-0.15, -0.1) is 25.3 Å². The van der Waals surface area contributed by atoms with Gasteiger partial charge in [-0.2, -0.15) is 0 Å². The molecule has 0 saturated heterocycles. The largest absolute Gasteiger partial charge is 0.651 e. The maximum atomic E-state index is 6.33. The van der Waals surface area contributed by atoms with Crippen molar-refractivity contribution in [1.82, 2.24) is 0 Å². The third-order valence-corrected chi connectivity index (χ3v) is 26.1. The van der Waals surface area contributed by atoms with E-state index in [4.69, 9.17) is 10.2 Å². The smallest absolute Gasteiger partial charge is 0.00921 e. The van der Waals surface area contributed by atoms with Gasteiger partial charge in [0.2, 0.25) is 0 Å². The van der Waals surface area contributed by atoms with Crippen LogP contribution in [0.1, 0.15) is 193 Å². The highest BCUT2D eigenvalue weighted by molar-refractivity contribution is 7.92. The lowest BCUT2D eigenvalue weighted by Gasteiger charge is -2.67. The highest BCUT2D eigenvalue weighted by Crippen LogP contribution is 2.69. The third-order valence-electron chi connectivity index (χ3n) is 18.7. The van der Waals surface area contributed by atoms with Crippen LogP contribution >= 0.6 is 14.1 Å². The molecule has 0 aromatic heterocycles. The summed E-state index contributed by atoms with van der Waals surface area (Å²) in [7, 11) is -4.56. The van der Waals surface area contributed by atoms with Crippen molar-refractivity contribution in [2.75, 3.05) is 0 Å². The van der Waals surface area contributed by atoms with E-state index < -0.39 is 14.1 Å². The Morgan fingerprint density at radius 1 is 0.392 bits per heavy atom. The minimum atomic E-state index is -2.38. The van der Waals surface area contributed by atoms with Crippen molar-refractivity contribution in [3.63, 3.8) is 0 Å². The Labute approximate surface area is 482 Å². The number of rotatable bonds is 10. The van der Waals surface area contributed by atoms with E-state index >= 15 is 0 Å². The Kier molecular flexibility index (Phi) is 17.9. The molecule has 0 N–H and O–H groups in total. The van der Waals surface area contributed by atoms with Crippen molar-refractivity contribution in [1.29, 1.82) is 0 Å². The highest BCUT2D eigenvalue weighted by atomic mass is 31.2. The molecule has 0 amide bonds. The minimum absolute atomic E-state index is 0. The van der Waals surface area contributed by atoms with Crippen molar-refractivity contribution in [2.45, 2.75) is 187 Å². The normalized spacial score (nSPS) is 24.1. The van der Waals surface area contributed by atoms with Gasteiger partial charge in [0.1, 0.15) is 0 Å². The molecule has 6 fully saturated rings. The second kappa shape index (κ2) is 23.3. The standard InChI is InChI=1S/C36H43NP.C34H41NP.2C2H6.CH4/c1-25(2)30-20-15-21-31(26(3)4)34(30)37-38(27-16-11-9-12-17-27,28-18-13-10-14-19-28)29-22-32-33(23-29)36(7,8)24-35(32,5)6;1-32(2)23-33(3,4)31-19-29(18-30(31)32)36(27-11-7-5-8-12-27,28-13-9-6-10-14-28)35-34-20-24-15-25(21-34)17-26(16-24)22-34;2*1-2;/h9-23,25-26H,24H2,1-8H3;5-14,18-19,24-26H,15-17,20-23H2,1-4H3;2*1-2H3;1H4/q2*-1;;;. The summed E-state index contributed by atoms with van der Waals surface area (Å²) < 4.78 is 0. The summed E-state index contributed by atoms with van der Waals surface area (Å²) in [5, 5.41) is 20.8. The zero-order chi connectivity index (χ0) is 56.1. The van der Waals surface area contributed by atoms with Gasteiger partial charge in [0, 0.05) is 0 Å². The van der Waals surface area contributed by atoms with Gasteiger partial charge in [-0.25, -0.2) is 0 Å². The van der Waals surface area contributed by atoms with Crippen LogP contribution in [0.2, 0.25) is 0 Å². The van der Waals surface area contributed by atoms with Crippen LogP contribution in [0.4, 0.5) is 5.69 Å². The lowest BCUT2D eigenvalue weighted by atomic mass is 9.53. The van der Waals surface area contributed by atoms with Gasteiger partial charge >= 0.3 is 0 Å². The molecule has 8 aliphatic rings. The fourth-order valence-electron chi connectivity index (χ4n) is 16.3. The van der Waals surface area contributed by atoms with Crippen molar-refractivity contribution >= 4 is 51.6 Å². The molecular weight excluding hydrogens is 991 g/mol. The van der Waals surface area contributed by atoms with E-state index in [0.29, 0.717) is 11.8 Å². The molecule has 0 aliphatic heterocycles. The predicted octanol–water partition coefficient (Wildman–Crippen LogP) is 21.1. The summed E-state index contributed by atoms with van der Waals surface area (Å²) in [6.45, 7) is 36.6. The minimum Gasteiger partial charge on any atom is -0.651 e. The monoisotopic (exact) mass is 1090 g/mol. The van der Waals surface area contributed by atoms with Crippen LogP contribution in [0.25, 0.3) is 10.2 Å². The van der Waals surface area contributed by atoms with Gasteiger partial charge < -0.3 is 10.2 Å². The molecule has 422 valence electrons. The SMILES string of the molecule is C.CC.CC.CC(C)c1cccc(C(C)C)c1[N-]P(=C1C=C2C(=C1)C(C)(C)CC2(C)C)(c1ccccc1)c1ccccc1.CC1(C)CC(C)(C)C2=CC(=P([N-]C34CC5CC(CC(C5)C3)C4)(c3ccccc3)c3ccccc3)C=C21. The zero-order valence-electron chi connectivity index (χ0n) is 50.9.